The van der Waals surface area contributed by atoms with Crippen LogP contribution < -0.4 is 0 Å². The van der Waals surface area contributed by atoms with Gasteiger partial charge in [0, 0.05) is 29.8 Å². The molecule has 9 nitrogen and oxygen atoms in total. The summed E-state index contributed by atoms with van der Waals surface area (Å²) in [5.74, 6) is -1.15. The second-order valence-corrected chi connectivity index (χ2v) is 12.3. The average molecular weight is 579 g/mol. The molecule has 1 saturated heterocycles. The van der Waals surface area contributed by atoms with Crippen LogP contribution in [-0.4, -0.2) is 77.6 Å². The molecule has 1 fully saturated rings. The fourth-order valence-electron chi connectivity index (χ4n) is 5.50. The van der Waals surface area contributed by atoms with Gasteiger partial charge in [0.05, 0.1) is 30.8 Å². The SMILES string of the molecule is CO[C@@H]1CN(C(=O)OC(C)(C)C)C[C@H]1N(Cc1cc(C(=O)O)cs1)C(=O)OCC1c2ccccc2-c2ccccc21. The maximum absolute atomic E-state index is 13.8. The predicted molar refractivity (Wildman–Crippen MR) is 154 cm³/mol. The molecule has 2 aromatic carbocycles. The number of carboxylic acids is 1. The van der Waals surface area contributed by atoms with E-state index in [1.165, 1.54) is 16.2 Å². The summed E-state index contributed by atoms with van der Waals surface area (Å²) in [6.45, 7) is 6.07. The number of hydrogen-bond donors (Lipinski definition) is 1. The topological polar surface area (TPSA) is 106 Å². The van der Waals surface area contributed by atoms with Crippen molar-refractivity contribution in [1.29, 1.82) is 0 Å². The number of rotatable bonds is 7. The summed E-state index contributed by atoms with van der Waals surface area (Å²) in [5, 5.41) is 11.0. The minimum absolute atomic E-state index is 0.112. The van der Waals surface area contributed by atoms with Crippen molar-refractivity contribution in [3.63, 3.8) is 0 Å². The maximum atomic E-state index is 13.8. The van der Waals surface area contributed by atoms with Gasteiger partial charge in [-0.2, -0.15) is 0 Å². The number of aromatic carboxylic acids is 1. The van der Waals surface area contributed by atoms with Gasteiger partial charge in [0.1, 0.15) is 12.2 Å². The Morgan fingerprint density at radius 1 is 1.02 bits per heavy atom. The molecule has 0 saturated carbocycles. The Kier molecular flexibility index (Phi) is 8.06. The summed E-state index contributed by atoms with van der Waals surface area (Å²) in [4.78, 5) is 42.0. The molecule has 0 bridgehead atoms. The number of nitrogens with zero attached hydrogens (tertiary/aromatic N) is 2. The van der Waals surface area contributed by atoms with Crippen molar-refractivity contribution in [2.45, 2.75) is 51.0 Å². The molecule has 1 aliphatic carbocycles. The quantitative estimate of drug-likeness (QED) is 0.376. The molecular weight excluding hydrogens is 544 g/mol. The van der Waals surface area contributed by atoms with Crippen LogP contribution in [0.2, 0.25) is 0 Å². The first-order valence-electron chi connectivity index (χ1n) is 13.5. The van der Waals surface area contributed by atoms with Crippen molar-refractivity contribution in [3.8, 4) is 11.1 Å². The van der Waals surface area contributed by atoms with Crippen LogP contribution in [0.3, 0.4) is 0 Å². The van der Waals surface area contributed by atoms with Crippen molar-refractivity contribution < 1.29 is 33.7 Å². The molecule has 2 aliphatic rings. The molecule has 1 aromatic heterocycles. The summed E-state index contributed by atoms with van der Waals surface area (Å²) in [6.07, 6.45) is -1.53. The standard InChI is InChI=1S/C31H34N2O7S/c1-31(2,3)40-29(36)32-15-26(27(16-32)38-4)33(14-20-13-19(18-41-20)28(34)35)30(37)39-17-25-23-11-7-5-9-21(23)22-10-6-8-12-24(22)25/h5-13,18,25-27H,14-17H2,1-4H3,(H,34,35)/t26-,27-/m1/s1. The Morgan fingerprint density at radius 3 is 2.22 bits per heavy atom. The van der Waals surface area contributed by atoms with Gasteiger partial charge in [-0.1, -0.05) is 48.5 Å². The van der Waals surface area contributed by atoms with E-state index in [0.29, 0.717) is 4.88 Å². The highest BCUT2D eigenvalue weighted by Crippen LogP contribution is 2.44. The molecule has 5 rings (SSSR count). The first kappa shape index (κ1) is 28.6. The Labute approximate surface area is 243 Å². The summed E-state index contributed by atoms with van der Waals surface area (Å²) >= 11 is 1.25. The third-order valence-corrected chi connectivity index (χ3v) is 8.31. The fraction of sp³-hybridized carbons (Fsp3) is 0.387. The third-order valence-electron chi connectivity index (χ3n) is 7.39. The van der Waals surface area contributed by atoms with Gasteiger partial charge in [0.15, 0.2) is 0 Å². The van der Waals surface area contributed by atoms with E-state index in [9.17, 15) is 19.5 Å². The van der Waals surface area contributed by atoms with Gasteiger partial charge in [0.2, 0.25) is 0 Å². The monoisotopic (exact) mass is 578 g/mol. The van der Waals surface area contributed by atoms with Crippen molar-refractivity contribution in [2.75, 3.05) is 26.8 Å². The smallest absolute Gasteiger partial charge is 0.410 e. The molecule has 2 atom stereocenters. The summed E-state index contributed by atoms with van der Waals surface area (Å²) in [6, 6.07) is 17.3. The number of carboxylic acid groups (broad SMARTS) is 1. The van der Waals surface area contributed by atoms with E-state index in [4.69, 9.17) is 14.2 Å². The minimum Gasteiger partial charge on any atom is -0.478 e. The van der Waals surface area contributed by atoms with E-state index < -0.39 is 35.9 Å². The summed E-state index contributed by atoms with van der Waals surface area (Å²) in [7, 11) is 1.54. The molecule has 216 valence electrons. The minimum atomic E-state index is -1.04. The lowest BCUT2D eigenvalue weighted by Crippen LogP contribution is -2.47. The number of carbonyl (C=O) groups is 3. The van der Waals surface area contributed by atoms with Crippen LogP contribution in [0.15, 0.2) is 60.0 Å². The lowest BCUT2D eigenvalue weighted by atomic mass is 9.98. The Hall–Kier alpha value is -3.89. The van der Waals surface area contributed by atoms with Crippen LogP contribution in [0.5, 0.6) is 0 Å². The van der Waals surface area contributed by atoms with Crippen LogP contribution in [0.25, 0.3) is 11.1 Å². The van der Waals surface area contributed by atoms with E-state index in [2.05, 4.69) is 24.3 Å². The Bertz CT molecular complexity index is 1400. The molecule has 1 aliphatic heterocycles. The van der Waals surface area contributed by atoms with E-state index in [1.54, 1.807) is 44.2 Å². The van der Waals surface area contributed by atoms with E-state index >= 15 is 0 Å². The number of methoxy groups -OCH3 is 1. The van der Waals surface area contributed by atoms with Crippen molar-refractivity contribution in [2.24, 2.45) is 0 Å². The molecular formula is C31H34N2O7S. The zero-order valence-electron chi connectivity index (χ0n) is 23.5. The zero-order valence-corrected chi connectivity index (χ0v) is 24.3. The number of ether oxygens (including phenoxy) is 3. The number of thiophene rings is 1. The number of hydrogen-bond acceptors (Lipinski definition) is 7. The second kappa shape index (κ2) is 11.5. The Morgan fingerprint density at radius 2 is 1.66 bits per heavy atom. The van der Waals surface area contributed by atoms with Crippen LogP contribution in [0.1, 0.15) is 53.1 Å². The van der Waals surface area contributed by atoms with E-state index in [-0.39, 0.29) is 37.7 Å². The number of amides is 2. The van der Waals surface area contributed by atoms with Crippen molar-refractivity contribution in [1.82, 2.24) is 9.80 Å². The largest absolute Gasteiger partial charge is 0.478 e. The van der Waals surface area contributed by atoms with E-state index in [1.807, 2.05) is 24.3 Å². The third kappa shape index (κ3) is 6.08. The highest BCUT2D eigenvalue weighted by Gasteiger charge is 2.43. The molecule has 1 N–H and O–H groups in total. The highest BCUT2D eigenvalue weighted by atomic mass is 32.1. The predicted octanol–water partition coefficient (Wildman–Crippen LogP) is 5.83. The van der Waals surface area contributed by atoms with Crippen LogP contribution in [-0.2, 0) is 20.8 Å². The molecule has 0 spiro atoms. The van der Waals surface area contributed by atoms with Gasteiger partial charge in [-0.3, -0.25) is 4.90 Å². The maximum Gasteiger partial charge on any atom is 0.410 e. The van der Waals surface area contributed by atoms with Gasteiger partial charge in [-0.15, -0.1) is 11.3 Å². The molecule has 2 amide bonds. The van der Waals surface area contributed by atoms with Crippen molar-refractivity contribution >= 4 is 29.5 Å². The van der Waals surface area contributed by atoms with Crippen LogP contribution in [0, 0.1) is 0 Å². The number of carbonyl (C=O) groups excluding carboxylic acids is 2. The van der Waals surface area contributed by atoms with Gasteiger partial charge in [-0.05, 0) is 49.1 Å². The summed E-state index contributed by atoms with van der Waals surface area (Å²) < 4.78 is 17.3. The molecule has 2 heterocycles. The van der Waals surface area contributed by atoms with Crippen molar-refractivity contribution in [3.05, 3.63) is 81.5 Å². The number of fused-ring (bicyclic) bond motifs is 3. The summed E-state index contributed by atoms with van der Waals surface area (Å²) in [5.41, 5.74) is 3.94. The highest BCUT2D eigenvalue weighted by molar-refractivity contribution is 7.10. The molecule has 0 radical (unpaired) electrons. The Balaban J connectivity index is 1.39. The molecule has 10 heteroatoms. The zero-order chi connectivity index (χ0) is 29.3. The normalized spacial score (nSPS) is 18.1. The molecule has 0 unspecified atom stereocenters. The first-order valence-corrected chi connectivity index (χ1v) is 14.4. The fourth-order valence-corrected chi connectivity index (χ4v) is 6.36. The van der Waals surface area contributed by atoms with Crippen LogP contribution in [0.4, 0.5) is 9.59 Å². The van der Waals surface area contributed by atoms with Gasteiger partial charge >= 0.3 is 18.2 Å². The lowest BCUT2D eigenvalue weighted by molar-refractivity contribution is 0.0238. The molecule has 3 aromatic rings. The van der Waals surface area contributed by atoms with E-state index in [0.717, 1.165) is 22.3 Å². The number of likely N-dealkylation sites (tertiary alicyclic amines) is 1. The number of benzene rings is 2. The second-order valence-electron chi connectivity index (χ2n) is 11.3. The van der Waals surface area contributed by atoms with Gasteiger partial charge in [0.25, 0.3) is 0 Å². The van der Waals surface area contributed by atoms with Gasteiger partial charge < -0.3 is 24.2 Å². The first-order chi connectivity index (χ1) is 19.6. The molecule has 41 heavy (non-hydrogen) atoms. The van der Waals surface area contributed by atoms with Crippen LogP contribution >= 0.6 is 11.3 Å². The van der Waals surface area contributed by atoms with Gasteiger partial charge in [-0.25, -0.2) is 14.4 Å². The lowest BCUT2D eigenvalue weighted by Gasteiger charge is -2.31. The average Bonchev–Trinajstić information content (AvgIpc) is 3.65.